The van der Waals surface area contributed by atoms with Crippen LogP contribution in [0, 0.1) is 13.8 Å². The summed E-state index contributed by atoms with van der Waals surface area (Å²) in [6.45, 7) is 4.77. The zero-order valence-electron chi connectivity index (χ0n) is 20.5. The number of amides is 1. The molecular formula is C30H25Cl2N3OS. The van der Waals surface area contributed by atoms with Gasteiger partial charge in [0.05, 0.1) is 22.0 Å². The molecule has 5 aromatic rings. The molecule has 37 heavy (non-hydrogen) atoms. The summed E-state index contributed by atoms with van der Waals surface area (Å²) >= 11 is 13.9. The van der Waals surface area contributed by atoms with Crippen LogP contribution in [-0.4, -0.2) is 22.4 Å². The van der Waals surface area contributed by atoms with Crippen molar-refractivity contribution in [3.63, 3.8) is 0 Å². The van der Waals surface area contributed by atoms with Crippen molar-refractivity contribution in [2.45, 2.75) is 25.3 Å². The van der Waals surface area contributed by atoms with Gasteiger partial charge in [0.15, 0.2) is 0 Å². The molecule has 0 aliphatic heterocycles. The number of hydrogen-bond donors (Lipinski definition) is 1. The Bertz CT molecular complexity index is 1650. The fourth-order valence-corrected chi connectivity index (χ4v) is 5.66. The number of hydrogen-bond acceptors (Lipinski definition) is 3. The molecule has 186 valence electrons. The van der Waals surface area contributed by atoms with E-state index in [1.54, 1.807) is 6.21 Å². The number of nitrogens with zero attached hydrogens (tertiary/aromatic N) is 2. The number of benzene rings is 4. The Labute approximate surface area is 230 Å². The van der Waals surface area contributed by atoms with E-state index in [-0.39, 0.29) is 11.7 Å². The smallest absolute Gasteiger partial charge is 0.250 e. The Hall–Kier alpha value is -3.25. The standard InChI is InChI=1S/C30H25Cl2N3OS/c1-19-10-13-28-24(14-19)25(20(2)35(28)17-21-11-12-26(31)27(32)15-21)16-33-34-30(36)18-37-29-9-5-7-22-6-3-4-8-23(22)29/h3-16H,17-18H2,1-2H3,(H,34,36)/b33-16-. The summed E-state index contributed by atoms with van der Waals surface area (Å²) < 4.78 is 2.23. The van der Waals surface area contributed by atoms with E-state index < -0.39 is 0 Å². The highest BCUT2D eigenvalue weighted by Crippen LogP contribution is 2.29. The molecule has 7 heteroatoms. The summed E-state index contributed by atoms with van der Waals surface area (Å²) in [5.41, 5.74) is 8.02. The number of carbonyl (C=O) groups excluding carboxylic acids is 1. The lowest BCUT2D eigenvalue weighted by Gasteiger charge is -2.10. The predicted octanol–water partition coefficient (Wildman–Crippen LogP) is 8.01. The minimum Gasteiger partial charge on any atom is -0.340 e. The van der Waals surface area contributed by atoms with Crippen molar-refractivity contribution in [3.05, 3.63) is 111 Å². The maximum Gasteiger partial charge on any atom is 0.250 e. The van der Waals surface area contributed by atoms with E-state index in [1.807, 2.05) is 42.5 Å². The minimum atomic E-state index is -0.150. The SMILES string of the molecule is Cc1ccc2c(c1)c(/C=N\NC(=O)CSc1cccc3ccccc13)c(C)n2Cc1ccc(Cl)c(Cl)c1. The quantitative estimate of drug-likeness (QED) is 0.128. The number of carbonyl (C=O) groups is 1. The first-order valence-electron chi connectivity index (χ1n) is 11.9. The Morgan fingerprint density at radius 2 is 1.76 bits per heavy atom. The molecule has 1 amide bonds. The van der Waals surface area contributed by atoms with Gasteiger partial charge in [0.1, 0.15) is 0 Å². The molecule has 0 radical (unpaired) electrons. The number of rotatable bonds is 7. The van der Waals surface area contributed by atoms with Gasteiger partial charge in [-0.2, -0.15) is 5.10 Å². The molecule has 4 aromatic carbocycles. The summed E-state index contributed by atoms with van der Waals surface area (Å²) in [5.74, 6) is 0.130. The molecule has 0 bridgehead atoms. The van der Waals surface area contributed by atoms with Crippen LogP contribution in [0.5, 0.6) is 0 Å². The van der Waals surface area contributed by atoms with Gasteiger partial charge in [-0.05, 0) is 60.5 Å². The van der Waals surface area contributed by atoms with Crippen molar-refractivity contribution in [1.29, 1.82) is 0 Å². The molecule has 5 rings (SSSR count). The first-order chi connectivity index (χ1) is 17.9. The summed E-state index contributed by atoms with van der Waals surface area (Å²) in [5, 5.41) is 8.78. The summed E-state index contributed by atoms with van der Waals surface area (Å²) in [7, 11) is 0. The number of hydrazone groups is 1. The van der Waals surface area contributed by atoms with Gasteiger partial charge in [0.2, 0.25) is 5.91 Å². The van der Waals surface area contributed by atoms with E-state index >= 15 is 0 Å². The lowest BCUT2D eigenvalue weighted by molar-refractivity contribution is -0.118. The molecule has 0 atom stereocenters. The first kappa shape index (κ1) is 25.4. The second-order valence-corrected chi connectivity index (χ2v) is 10.7. The zero-order valence-corrected chi connectivity index (χ0v) is 22.8. The highest BCUT2D eigenvalue weighted by atomic mass is 35.5. The molecule has 1 aromatic heterocycles. The summed E-state index contributed by atoms with van der Waals surface area (Å²) in [6, 6.07) is 26.4. The molecule has 0 saturated carbocycles. The Kier molecular flexibility index (Phi) is 7.56. The monoisotopic (exact) mass is 545 g/mol. The van der Waals surface area contributed by atoms with Crippen LogP contribution in [0.15, 0.2) is 88.9 Å². The molecule has 0 fully saturated rings. The number of thioether (sulfide) groups is 1. The largest absolute Gasteiger partial charge is 0.340 e. The number of nitrogens with one attached hydrogen (secondary N) is 1. The summed E-state index contributed by atoms with van der Waals surface area (Å²) in [4.78, 5) is 13.7. The molecule has 4 nitrogen and oxygen atoms in total. The van der Waals surface area contributed by atoms with E-state index in [4.69, 9.17) is 23.2 Å². The van der Waals surface area contributed by atoms with Gasteiger partial charge in [0.25, 0.3) is 0 Å². The Balaban J connectivity index is 1.34. The van der Waals surface area contributed by atoms with Crippen molar-refractivity contribution in [2.75, 3.05) is 5.75 Å². The number of aryl methyl sites for hydroxylation is 1. The second kappa shape index (κ2) is 11.0. The van der Waals surface area contributed by atoms with E-state index in [9.17, 15) is 4.79 Å². The fourth-order valence-electron chi connectivity index (χ4n) is 4.48. The van der Waals surface area contributed by atoms with E-state index in [2.05, 4.69) is 65.3 Å². The van der Waals surface area contributed by atoms with Gasteiger partial charge in [0, 0.05) is 33.6 Å². The lowest BCUT2D eigenvalue weighted by atomic mass is 10.1. The van der Waals surface area contributed by atoms with Crippen LogP contribution in [0.25, 0.3) is 21.7 Å². The number of aromatic nitrogens is 1. The third-order valence-electron chi connectivity index (χ3n) is 6.34. The molecular weight excluding hydrogens is 521 g/mol. The number of fused-ring (bicyclic) bond motifs is 2. The van der Waals surface area contributed by atoms with Crippen molar-refractivity contribution in [1.82, 2.24) is 9.99 Å². The van der Waals surface area contributed by atoms with Crippen LogP contribution in [0.2, 0.25) is 10.0 Å². The third kappa shape index (κ3) is 5.54. The van der Waals surface area contributed by atoms with Gasteiger partial charge in [-0.3, -0.25) is 4.79 Å². The predicted molar refractivity (Wildman–Crippen MR) is 157 cm³/mol. The van der Waals surface area contributed by atoms with Crippen LogP contribution < -0.4 is 5.43 Å². The molecule has 1 N–H and O–H groups in total. The average molecular weight is 547 g/mol. The lowest BCUT2D eigenvalue weighted by Crippen LogP contribution is -2.19. The zero-order chi connectivity index (χ0) is 25.9. The van der Waals surface area contributed by atoms with Crippen molar-refractivity contribution in [2.24, 2.45) is 5.10 Å². The van der Waals surface area contributed by atoms with Gasteiger partial charge in [-0.25, -0.2) is 5.43 Å². The topological polar surface area (TPSA) is 46.4 Å². The first-order valence-corrected chi connectivity index (χ1v) is 13.6. The molecule has 1 heterocycles. The van der Waals surface area contributed by atoms with E-state index in [1.165, 1.54) is 11.8 Å². The van der Waals surface area contributed by atoms with E-state index in [0.29, 0.717) is 16.6 Å². The maximum atomic E-state index is 12.6. The van der Waals surface area contributed by atoms with Crippen LogP contribution in [0.4, 0.5) is 0 Å². The molecule has 0 spiro atoms. The van der Waals surface area contributed by atoms with Gasteiger partial charge in [-0.1, -0.05) is 77.3 Å². The molecule has 0 aliphatic rings. The van der Waals surface area contributed by atoms with Crippen LogP contribution in [0.3, 0.4) is 0 Å². The van der Waals surface area contributed by atoms with Crippen molar-refractivity contribution < 1.29 is 4.79 Å². The van der Waals surface area contributed by atoms with Crippen molar-refractivity contribution >= 4 is 68.8 Å². The highest BCUT2D eigenvalue weighted by Gasteiger charge is 2.14. The molecule has 0 saturated heterocycles. The summed E-state index contributed by atoms with van der Waals surface area (Å²) in [6.07, 6.45) is 1.74. The molecule has 0 unspecified atom stereocenters. The fraction of sp³-hybridized carbons (Fsp3) is 0.133. The number of halogens is 2. The Morgan fingerprint density at radius 1 is 0.946 bits per heavy atom. The van der Waals surface area contributed by atoms with E-state index in [0.717, 1.165) is 49.0 Å². The van der Waals surface area contributed by atoms with Gasteiger partial charge < -0.3 is 4.57 Å². The average Bonchev–Trinajstić information content (AvgIpc) is 3.14. The van der Waals surface area contributed by atoms with Crippen LogP contribution >= 0.6 is 35.0 Å². The Morgan fingerprint density at radius 3 is 2.59 bits per heavy atom. The van der Waals surface area contributed by atoms with Crippen LogP contribution in [0.1, 0.15) is 22.4 Å². The van der Waals surface area contributed by atoms with Crippen molar-refractivity contribution in [3.8, 4) is 0 Å². The normalized spacial score (nSPS) is 11.6. The molecule has 0 aliphatic carbocycles. The van der Waals surface area contributed by atoms with Gasteiger partial charge >= 0.3 is 0 Å². The second-order valence-electron chi connectivity index (χ2n) is 8.91. The van der Waals surface area contributed by atoms with Crippen LogP contribution in [-0.2, 0) is 11.3 Å². The maximum absolute atomic E-state index is 12.6. The highest BCUT2D eigenvalue weighted by molar-refractivity contribution is 8.00. The van der Waals surface area contributed by atoms with Gasteiger partial charge in [-0.15, -0.1) is 11.8 Å². The third-order valence-corrected chi connectivity index (χ3v) is 8.16. The minimum absolute atomic E-state index is 0.150.